The number of aliphatic hydroxyl groups excluding tert-OH is 1. The zero-order chi connectivity index (χ0) is 22.9. The number of hydrogen-bond donors (Lipinski definition) is 2. The summed E-state index contributed by atoms with van der Waals surface area (Å²) in [6, 6.07) is 29.0. The molecule has 1 fully saturated rings. The molecule has 0 radical (unpaired) electrons. The van der Waals surface area contributed by atoms with Gasteiger partial charge in [0.2, 0.25) is 0 Å². The molecule has 6 heteroatoms. The number of benzene rings is 3. The lowest BCUT2D eigenvalue weighted by Crippen LogP contribution is -2.63. The first-order valence-corrected chi connectivity index (χ1v) is 11.2. The maximum atomic E-state index is 10.8. The van der Waals surface area contributed by atoms with Crippen LogP contribution < -0.4 is 5.73 Å². The number of ether oxygens (including phenoxy) is 4. The summed E-state index contributed by atoms with van der Waals surface area (Å²) in [7, 11) is 0. The maximum absolute atomic E-state index is 10.8. The Morgan fingerprint density at radius 1 is 0.667 bits per heavy atom. The smallest absolute Gasteiger partial charge is 0.184 e. The lowest BCUT2D eigenvalue weighted by molar-refractivity contribution is -0.283. The molecule has 1 aliphatic rings. The van der Waals surface area contributed by atoms with Crippen molar-refractivity contribution in [1.82, 2.24) is 0 Å². The van der Waals surface area contributed by atoms with E-state index in [1.807, 2.05) is 91.0 Å². The zero-order valence-corrected chi connectivity index (χ0v) is 18.5. The second-order valence-corrected chi connectivity index (χ2v) is 8.17. The van der Waals surface area contributed by atoms with Crippen molar-refractivity contribution < 1.29 is 24.1 Å². The highest BCUT2D eigenvalue weighted by Crippen LogP contribution is 2.26. The fourth-order valence-corrected chi connectivity index (χ4v) is 3.87. The standard InChI is InChI=1S/C27H31NO5/c28-24-23(19-30-16-20-10-4-1-5-11-20)33-27(29)26(32-18-22-14-8-3-9-15-22)25(24)31-17-21-12-6-2-7-13-21/h1-15,23-27,29H,16-19,28H2/t23-,24-,25+,26-,27-/m1/s1. The third-order valence-electron chi connectivity index (χ3n) is 5.69. The van der Waals surface area contributed by atoms with Gasteiger partial charge in [-0.15, -0.1) is 0 Å². The van der Waals surface area contributed by atoms with Crippen molar-refractivity contribution in [1.29, 1.82) is 0 Å². The summed E-state index contributed by atoms with van der Waals surface area (Å²) in [4.78, 5) is 0. The van der Waals surface area contributed by atoms with Crippen molar-refractivity contribution in [3.63, 3.8) is 0 Å². The Kier molecular flexibility index (Phi) is 8.60. The molecule has 0 amide bonds. The minimum atomic E-state index is -1.18. The fourth-order valence-electron chi connectivity index (χ4n) is 3.87. The highest BCUT2D eigenvalue weighted by molar-refractivity contribution is 5.15. The first-order valence-electron chi connectivity index (χ1n) is 11.2. The van der Waals surface area contributed by atoms with Gasteiger partial charge in [0.15, 0.2) is 6.29 Å². The molecule has 3 aromatic rings. The molecule has 0 bridgehead atoms. The molecule has 1 saturated heterocycles. The van der Waals surface area contributed by atoms with Crippen molar-refractivity contribution in [2.75, 3.05) is 6.61 Å². The predicted octanol–water partition coefficient (Wildman–Crippen LogP) is 3.42. The van der Waals surface area contributed by atoms with E-state index in [1.165, 1.54) is 0 Å². The van der Waals surface area contributed by atoms with Gasteiger partial charge in [-0.1, -0.05) is 91.0 Å². The zero-order valence-electron chi connectivity index (χ0n) is 18.5. The van der Waals surface area contributed by atoms with Crippen LogP contribution in [0.25, 0.3) is 0 Å². The van der Waals surface area contributed by atoms with Gasteiger partial charge in [-0.2, -0.15) is 0 Å². The Bertz CT molecular complexity index is 941. The minimum absolute atomic E-state index is 0.240. The van der Waals surface area contributed by atoms with E-state index >= 15 is 0 Å². The topological polar surface area (TPSA) is 83.2 Å². The van der Waals surface area contributed by atoms with E-state index in [0.717, 1.165) is 16.7 Å². The van der Waals surface area contributed by atoms with E-state index in [0.29, 0.717) is 19.8 Å². The van der Waals surface area contributed by atoms with Crippen LogP contribution in [0, 0.1) is 0 Å². The van der Waals surface area contributed by atoms with Crippen LogP contribution in [0.1, 0.15) is 16.7 Å². The average Bonchev–Trinajstić information content (AvgIpc) is 2.86. The lowest BCUT2D eigenvalue weighted by Gasteiger charge is -2.43. The number of rotatable bonds is 10. The maximum Gasteiger partial charge on any atom is 0.184 e. The summed E-state index contributed by atoms with van der Waals surface area (Å²) in [5, 5.41) is 10.8. The second-order valence-electron chi connectivity index (χ2n) is 8.17. The quantitative estimate of drug-likeness (QED) is 0.494. The molecular weight excluding hydrogens is 418 g/mol. The molecular formula is C27H31NO5. The molecule has 1 aliphatic heterocycles. The monoisotopic (exact) mass is 449 g/mol. The third-order valence-corrected chi connectivity index (χ3v) is 5.69. The molecule has 0 aliphatic carbocycles. The van der Waals surface area contributed by atoms with Gasteiger partial charge in [0, 0.05) is 0 Å². The summed E-state index contributed by atoms with van der Waals surface area (Å²) < 4.78 is 23.9. The minimum Gasteiger partial charge on any atom is -0.374 e. The van der Waals surface area contributed by atoms with Crippen LogP contribution in [0.15, 0.2) is 91.0 Å². The molecule has 5 atom stereocenters. The van der Waals surface area contributed by atoms with Crippen molar-refractivity contribution in [3.8, 4) is 0 Å². The van der Waals surface area contributed by atoms with Gasteiger partial charge in [-0.3, -0.25) is 0 Å². The Hall–Kier alpha value is -2.58. The SMILES string of the molecule is N[C@H]1[C@H](OCc2ccccc2)[C@@H](OCc2ccccc2)[C@H](O)O[C@@H]1COCc1ccccc1. The Labute approximate surface area is 194 Å². The van der Waals surface area contributed by atoms with Crippen molar-refractivity contribution >= 4 is 0 Å². The molecule has 0 saturated carbocycles. The van der Waals surface area contributed by atoms with Crippen LogP contribution in [0.2, 0.25) is 0 Å². The average molecular weight is 450 g/mol. The summed E-state index contributed by atoms with van der Waals surface area (Å²) in [6.45, 7) is 1.35. The van der Waals surface area contributed by atoms with Crippen LogP contribution in [-0.2, 0) is 38.8 Å². The van der Waals surface area contributed by atoms with E-state index in [4.69, 9.17) is 24.7 Å². The predicted molar refractivity (Wildman–Crippen MR) is 125 cm³/mol. The molecule has 3 aromatic carbocycles. The second kappa shape index (κ2) is 12.0. The van der Waals surface area contributed by atoms with Gasteiger partial charge in [0.25, 0.3) is 0 Å². The van der Waals surface area contributed by atoms with Crippen LogP contribution >= 0.6 is 0 Å². The third kappa shape index (κ3) is 6.71. The first-order chi connectivity index (χ1) is 16.2. The van der Waals surface area contributed by atoms with Crippen LogP contribution in [0.5, 0.6) is 0 Å². The van der Waals surface area contributed by atoms with E-state index in [1.54, 1.807) is 0 Å². The molecule has 33 heavy (non-hydrogen) atoms. The number of aliphatic hydroxyl groups is 1. The van der Waals surface area contributed by atoms with Crippen LogP contribution in [0.4, 0.5) is 0 Å². The van der Waals surface area contributed by atoms with Gasteiger partial charge < -0.3 is 29.8 Å². The van der Waals surface area contributed by atoms with Crippen molar-refractivity contribution in [2.24, 2.45) is 5.73 Å². The molecule has 6 nitrogen and oxygen atoms in total. The van der Waals surface area contributed by atoms with Crippen LogP contribution in [-0.4, -0.2) is 42.4 Å². The Morgan fingerprint density at radius 2 is 1.12 bits per heavy atom. The largest absolute Gasteiger partial charge is 0.374 e. The molecule has 0 unspecified atom stereocenters. The highest BCUT2D eigenvalue weighted by atomic mass is 16.7. The van der Waals surface area contributed by atoms with E-state index < -0.39 is 30.6 Å². The summed E-state index contributed by atoms with van der Waals surface area (Å²) >= 11 is 0. The number of hydrogen-bond acceptors (Lipinski definition) is 6. The first kappa shape index (κ1) is 23.6. The summed E-state index contributed by atoms with van der Waals surface area (Å²) in [6.07, 6.45) is -3.00. The molecule has 1 heterocycles. The molecule has 3 N–H and O–H groups in total. The van der Waals surface area contributed by atoms with Gasteiger partial charge in [0.05, 0.1) is 32.5 Å². The van der Waals surface area contributed by atoms with Gasteiger partial charge in [-0.05, 0) is 16.7 Å². The summed E-state index contributed by atoms with van der Waals surface area (Å²) in [5.74, 6) is 0. The van der Waals surface area contributed by atoms with E-state index in [2.05, 4.69) is 0 Å². The van der Waals surface area contributed by atoms with Gasteiger partial charge in [0.1, 0.15) is 18.3 Å². The Balaban J connectivity index is 1.41. The van der Waals surface area contributed by atoms with E-state index in [9.17, 15) is 5.11 Å². The lowest BCUT2D eigenvalue weighted by atomic mass is 9.96. The molecule has 4 rings (SSSR count). The van der Waals surface area contributed by atoms with Gasteiger partial charge in [-0.25, -0.2) is 0 Å². The normalized spacial score (nSPS) is 25.1. The molecule has 0 aromatic heterocycles. The van der Waals surface area contributed by atoms with Gasteiger partial charge >= 0.3 is 0 Å². The van der Waals surface area contributed by atoms with E-state index in [-0.39, 0.29) is 6.61 Å². The van der Waals surface area contributed by atoms with Crippen molar-refractivity contribution in [2.45, 2.75) is 50.5 Å². The summed E-state index contributed by atoms with van der Waals surface area (Å²) in [5.41, 5.74) is 9.64. The molecule has 174 valence electrons. The Morgan fingerprint density at radius 3 is 1.64 bits per heavy atom. The van der Waals surface area contributed by atoms with Crippen molar-refractivity contribution in [3.05, 3.63) is 108 Å². The number of nitrogens with two attached hydrogens (primary N) is 1. The highest BCUT2D eigenvalue weighted by Gasteiger charge is 2.45. The fraction of sp³-hybridized carbons (Fsp3) is 0.333. The van der Waals surface area contributed by atoms with Crippen LogP contribution in [0.3, 0.4) is 0 Å². The molecule has 0 spiro atoms.